The van der Waals surface area contributed by atoms with Crippen molar-refractivity contribution in [2.75, 3.05) is 10.0 Å². The molecule has 2 N–H and O–H groups in total. The minimum atomic E-state index is -3.83. The summed E-state index contributed by atoms with van der Waals surface area (Å²) in [5.41, 5.74) is 2.83. The molecule has 0 aliphatic heterocycles. The van der Waals surface area contributed by atoms with Crippen LogP contribution in [-0.4, -0.2) is 24.1 Å². The van der Waals surface area contributed by atoms with E-state index in [-0.39, 0.29) is 16.2 Å². The summed E-state index contributed by atoms with van der Waals surface area (Å²) in [5, 5.41) is 6.99. The van der Waals surface area contributed by atoms with Crippen molar-refractivity contribution in [3.63, 3.8) is 0 Å². The van der Waals surface area contributed by atoms with Gasteiger partial charge in [-0.3, -0.25) is 14.2 Å². The van der Waals surface area contributed by atoms with E-state index in [0.29, 0.717) is 22.6 Å². The highest BCUT2D eigenvalue weighted by atomic mass is 32.2. The Morgan fingerprint density at radius 1 is 1.03 bits per heavy atom. The topological polar surface area (TPSA) is 93.1 Å². The van der Waals surface area contributed by atoms with Crippen molar-refractivity contribution in [1.82, 2.24) is 9.78 Å². The molecule has 0 radical (unpaired) electrons. The van der Waals surface area contributed by atoms with Crippen molar-refractivity contribution >= 4 is 27.4 Å². The molecule has 3 aromatic rings. The minimum Gasteiger partial charge on any atom is -0.307 e. The van der Waals surface area contributed by atoms with Gasteiger partial charge in [0.1, 0.15) is 5.82 Å². The van der Waals surface area contributed by atoms with E-state index >= 15 is 0 Å². The zero-order chi connectivity index (χ0) is 23.0. The number of rotatable bonds is 5. The number of nitrogens with zero attached hydrogens (tertiary/aromatic N) is 2. The molecule has 2 aromatic carbocycles. The fourth-order valence-corrected chi connectivity index (χ4v) is 4.53. The fraction of sp³-hybridized carbons (Fsp3) is 0.304. The highest BCUT2D eigenvalue weighted by Gasteiger charge is 2.22. The van der Waals surface area contributed by atoms with Crippen LogP contribution in [0, 0.1) is 13.8 Å². The Hall–Kier alpha value is -3.13. The number of nitrogens with one attached hydrogen (secondary N) is 2. The third kappa shape index (κ3) is 5.14. The Kier molecular flexibility index (Phi) is 5.96. The lowest BCUT2D eigenvalue weighted by Crippen LogP contribution is -2.18. The molecule has 7 nitrogen and oxygen atoms in total. The van der Waals surface area contributed by atoms with Gasteiger partial charge in [0.05, 0.1) is 10.6 Å². The molecule has 1 amide bonds. The smallest absolute Gasteiger partial charge is 0.262 e. The number of sulfonamides is 1. The van der Waals surface area contributed by atoms with Crippen LogP contribution in [0.2, 0.25) is 0 Å². The Balaban J connectivity index is 1.86. The molecule has 1 aromatic heterocycles. The van der Waals surface area contributed by atoms with E-state index in [1.165, 1.54) is 6.07 Å². The van der Waals surface area contributed by atoms with Gasteiger partial charge in [-0.1, -0.05) is 39.0 Å². The molecule has 0 unspecified atom stereocenters. The largest absolute Gasteiger partial charge is 0.307 e. The van der Waals surface area contributed by atoms with E-state index in [2.05, 4.69) is 15.1 Å². The molecule has 164 valence electrons. The van der Waals surface area contributed by atoms with Crippen LogP contribution >= 0.6 is 0 Å². The highest BCUT2D eigenvalue weighted by molar-refractivity contribution is 7.92. The quantitative estimate of drug-likeness (QED) is 0.615. The summed E-state index contributed by atoms with van der Waals surface area (Å²) in [6.45, 7) is 9.70. The molecule has 0 saturated carbocycles. The zero-order valence-corrected chi connectivity index (χ0v) is 19.5. The minimum absolute atomic E-state index is 0.180. The lowest BCUT2D eigenvalue weighted by atomic mass is 9.87. The summed E-state index contributed by atoms with van der Waals surface area (Å²) in [7, 11) is -2.09. The summed E-state index contributed by atoms with van der Waals surface area (Å²) in [5.74, 6) is 0.207. The van der Waals surface area contributed by atoms with Crippen LogP contribution in [-0.2, 0) is 22.5 Å². The van der Waals surface area contributed by atoms with Crippen LogP contribution in [0.4, 0.5) is 11.5 Å². The number of carbonyl (C=O) groups excluding carboxylic acids is 1. The Morgan fingerprint density at radius 2 is 1.74 bits per heavy atom. The van der Waals surface area contributed by atoms with Gasteiger partial charge in [-0.2, -0.15) is 5.10 Å². The molecule has 0 fully saturated rings. The third-order valence-corrected chi connectivity index (χ3v) is 6.49. The van der Waals surface area contributed by atoms with Gasteiger partial charge in [0, 0.05) is 24.4 Å². The molecule has 0 spiro atoms. The van der Waals surface area contributed by atoms with Crippen LogP contribution in [0.3, 0.4) is 0 Å². The van der Waals surface area contributed by atoms with Crippen molar-refractivity contribution < 1.29 is 13.2 Å². The van der Waals surface area contributed by atoms with Crippen molar-refractivity contribution in [3.8, 4) is 0 Å². The maximum absolute atomic E-state index is 13.1. The van der Waals surface area contributed by atoms with Crippen molar-refractivity contribution in [2.24, 2.45) is 7.05 Å². The second-order valence-electron chi connectivity index (χ2n) is 8.67. The molecule has 0 bridgehead atoms. The summed E-state index contributed by atoms with van der Waals surface area (Å²) in [6.07, 6.45) is 0. The maximum Gasteiger partial charge on any atom is 0.262 e. The van der Waals surface area contributed by atoms with Gasteiger partial charge in [-0.05, 0) is 54.7 Å². The van der Waals surface area contributed by atoms with Crippen molar-refractivity contribution in [2.45, 2.75) is 44.9 Å². The molecule has 0 aliphatic carbocycles. The van der Waals surface area contributed by atoms with Crippen molar-refractivity contribution in [1.29, 1.82) is 0 Å². The Bertz CT molecular complexity index is 1240. The number of aryl methyl sites for hydroxylation is 3. The van der Waals surface area contributed by atoms with Gasteiger partial charge in [0.25, 0.3) is 15.9 Å². The van der Waals surface area contributed by atoms with E-state index in [1.807, 2.05) is 39.8 Å². The van der Waals surface area contributed by atoms with Gasteiger partial charge >= 0.3 is 0 Å². The molecule has 3 rings (SSSR count). The SMILES string of the molecule is Cc1cc(NC(=O)c2cccc(NS(=O)(=O)c3cc(C(C)(C)C)ccc3C)c2)n(C)n1. The third-order valence-electron chi connectivity index (χ3n) is 4.96. The van der Waals surface area contributed by atoms with Crippen LogP contribution in [0.15, 0.2) is 53.4 Å². The number of amides is 1. The number of carbonyl (C=O) groups is 1. The monoisotopic (exact) mass is 440 g/mol. The van der Waals surface area contributed by atoms with Crippen LogP contribution in [0.1, 0.15) is 48.0 Å². The van der Waals surface area contributed by atoms with Gasteiger partial charge in [-0.25, -0.2) is 8.42 Å². The summed E-state index contributed by atoms with van der Waals surface area (Å²) in [6, 6.07) is 13.6. The second-order valence-corrected chi connectivity index (χ2v) is 10.3. The Labute approximate surface area is 183 Å². The first-order valence-corrected chi connectivity index (χ1v) is 11.4. The number of anilines is 2. The first kappa shape index (κ1) is 22.6. The van der Waals surface area contributed by atoms with Crippen LogP contribution < -0.4 is 10.0 Å². The van der Waals surface area contributed by atoms with Crippen LogP contribution in [0.5, 0.6) is 0 Å². The molecular formula is C23H28N4O3S. The molecule has 0 atom stereocenters. The van der Waals surface area contributed by atoms with Gasteiger partial charge in [0.15, 0.2) is 0 Å². The van der Waals surface area contributed by atoms with Crippen LogP contribution in [0.25, 0.3) is 0 Å². The summed E-state index contributed by atoms with van der Waals surface area (Å²) in [4.78, 5) is 12.9. The number of hydrogen-bond acceptors (Lipinski definition) is 4. The molecule has 0 saturated heterocycles. The fourth-order valence-electron chi connectivity index (χ4n) is 3.21. The molecule has 0 aliphatic rings. The standard InChI is InChI=1S/C23H28N4O3S/c1-15-10-11-18(23(3,4)5)14-20(15)31(29,30)26-19-9-7-8-17(13-19)22(28)24-21-12-16(2)25-27(21)6/h7-14,26H,1-6H3,(H,24,28). The predicted octanol–water partition coefficient (Wildman–Crippen LogP) is 4.39. The maximum atomic E-state index is 13.1. The number of aromatic nitrogens is 2. The molecular weight excluding hydrogens is 412 g/mol. The first-order chi connectivity index (χ1) is 14.4. The molecule has 1 heterocycles. The summed E-state index contributed by atoms with van der Waals surface area (Å²) < 4.78 is 30.4. The van der Waals surface area contributed by atoms with E-state index in [0.717, 1.165) is 11.3 Å². The predicted molar refractivity (Wildman–Crippen MR) is 123 cm³/mol. The normalized spacial score (nSPS) is 11.9. The lowest BCUT2D eigenvalue weighted by Gasteiger charge is -2.21. The number of hydrogen-bond donors (Lipinski definition) is 2. The highest BCUT2D eigenvalue weighted by Crippen LogP contribution is 2.28. The second kappa shape index (κ2) is 8.19. The molecule has 31 heavy (non-hydrogen) atoms. The number of benzene rings is 2. The van der Waals surface area contributed by atoms with Gasteiger partial charge in [-0.15, -0.1) is 0 Å². The van der Waals surface area contributed by atoms with E-state index in [1.54, 1.807) is 49.0 Å². The lowest BCUT2D eigenvalue weighted by molar-refractivity contribution is 0.102. The molecule has 8 heteroatoms. The van der Waals surface area contributed by atoms with Crippen molar-refractivity contribution in [3.05, 3.63) is 70.9 Å². The summed E-state index contributed by atoms with van der Waals surface area (Å²) >= 11 is 0. The Morgan fingerprint density at radius 3 is 2.35 bits per heavy atom. The average molecular weight is 441 g/mol. The van der Waals surface area contributed by atoms with Gasteiger partial charge in [0.2, 0.25) is 0 Å². The average Bonchev–Trinajstić information content (AvgIpc) is 2.97. The first-order valence-electron chi connectivity index (χ1n) is 9.93. The zero-order valence-electron chi connectivity index (χ0n) is 18.6. The van der Waals surface area contributed by atoms with E-state index in [4.69, 9.17) is 0 Å². The van der Waals surface area contributed by atoms with E-state index in [9.17, 15) is 13.2 Å². The van der Waals surface area contributed by atoms with E-state index < -0.39 is 10.0 Å². The van der Waals surface area contributed by atoms with Gasteiger partial charge < -0.3 is 5.32 Å².